The number of thiophene rings is 1. The summed E-state index contributed by atoms with van der Waals surface area (Å²) in [5.74, 6) is 0.684. The molecule has 15 heavy (non-hydrogen) atoms. The molecule has 2 rings (SSSR count). The molecule has 1 aliphatic carbocycles. The molecule has 1 aliphatic rings. The summed E-state index contributed by atoms with van der Waals surface area (Å²) < 4.78 is 5.12. The van der Waals surface area contributed by atoms with E-state index in [-0.39, 0.29) is 5.91 Å². The second-order valence-corrected chi connectivity index (χ2v) is 4.69. The zero-order valence-electron chi connectivity index (χ0n) is 8.79. The van der Waals surface area contributed by atoms with Crippen LogP contribution in [0.1, 0.15) is 35.4 Å². The van der Waals surface area contributed by atoms with Crippen LogP contribution in [0, 0.1) is 0 Å². The maximum atomic E-state index is 11.9. The lowest BCUT2D eigenvalue weighted by Gasteiger charge is -2.11. The second-order valence-electron chi connectivity index (χ2n) is 3.77. The quantitative estimate of drug-likeness (QED) is 0.858. The Morgan fingerprint density at radius 2 is 2.27 bits per heavy atom. The molecule has 0 aromatic carbocycles. The van der Waals surface area contributed by atoms with E-state index in [1.54, 1.807) is 7.11 Å². The van der Waals surface area contributed by atoms with Crippen molar-refractivity contribution in [2.75, 3.05) is 7.11 Å². The van der Waals surface area contributed by atoms with Gasteiger partial charge in [0.1, 0.15) is 10.6 Å². The van der Waals surface area contributed by atoms with Gasteiger partial charge in [0.05, 0.1) is 7.11 Å². The highest BCUT2D eigenvalue weighted by atomic mass is 32.1. The molecule has 0 bridgehead atoms. The van der Waals surface area contributed by atoms with Crippen LogP contribution >= 0.6 is 11.3 Å². The normalized spacial score (nSPS) is 16.6. The summed E-state index contributed by atoms with van der Waals surface area (Å²) in [6, 6.07) is 2.19. The van der Waals surface area contributed by atoms with Gasteiger partial charge in [0.25, 0.3) is 5.91 Å². The van der Waals surface area contributed by atoms with Crippen molar-refractivity contribution in [2.45, 2.75) is 31.7 Å². The van der Waals surface area contributed by atoms with Crippen molar-refractivity contribution < 1.29 is 9.53 Å². The van der Waals surface area contributed by atoms with Gasteiger partial charge in [0.2, 0.25) is 0 Å². The van der Waals surface area contributed by atoms with E-state index in [1.807, 2.05) is 11.4 Å². The minimum Gasteiger partial charge on any atom is -0.495 e. The average molecular weight is 225 g/mol. The van der Waals surface area contributed by atoms with Crippen molar-refractivity contribution in [1.82, 2.24) is 5.32 Å². The van der Waals surface area contributed by atoms with Crippen LogP contribution in [-0.4, -0.2) is 19.1 Å². The standard InChI is InChI=1S/C11H15NO2S/c1-14-9-6-7-15-10(9)11(13)12-8-4-2-3-5-8/h6-8H,2-5H2,1H3,(H,12,13). The van der Waals surface area contributed by atoms with E-state index in [4.69, 9.17) is 4.74 Å². The van der Waals surface area contributed by atoms with Gasteiger partial charge in [-0.1, -0.05) is 12.8 Å². The van der Waals surface area contributed by atoms with Crippen LogP contribution in [0.3, 0.4) is 0 Å². The van der Waals surface area contributed by atoms with E-state index in [2.05, 4.69) is 5.32 Å². The van der Waals surface area contributed by atoms with Gasteiger partial charge in [-0.05, 0) is 24.3 Å². The summed E-state index contributed by atoms with van der Waals surface area (Å²) in [6.45, 7) is 0. The van der Waals surface area contributed by atoms with Gasteiger partial charge in [0.15, 0.2) is 0 Å². The summed E-state index contributed by atoms with van der Waals surface area (Å²) in [6.07, 6.45) is 4.68. The lowest BCUT2D eigenvalue weighted by atomic mass is 10.2. The molecule has 4 heteroatoms. The molecule has 0 radical (unpaired) electrons. The molecule has 1 heterocycles. The summed E-state index contributed by atoms with van der Waals surface area (Å²) in [5.41, 5.74) is 0. The summed E-state index contributed by atoms with van der Waals surface area (Å²) in [4.78, 5) is 12.5. The van der Waals surface area contributed by atoms with E-state index in [1.165, 1.54) is 24.2 Å². The van der Waals surface area contributed by atoms with Crippen molar-refractivity contribution in [3.8, 4) is 5.75 Å². The first kappa shape index (κ1) is 10.5. The van der Waals surface area contributed by atoms with Gasteiger partial charge >= 0.3 is 0 Å². The zero-order chi connectivity index (χ0) is 10.7. The van der Waals surface area contributed by atoms with Crippen molar-refractivity contribution >= 4 is 17.2 Å². The van der Waals surface area contributed by atoms with E-state index >= 15 is 0 Å². The Kier molecular flexibility index (Phi) is 3.26. The van der Waals surface area contributed by atoms with E-state index in [0.717, 1.165) is 12.8 Å². The molecule has 0 atom stereocenters. The zero-order valence-corrected chi connectivity index (χ0v) is 9.60. The molecular weight excluding hydrogens is 210 g/mol. The molecule has 82 valence electrons. The van der Waals surface area contributed by atoms with Gasteiger partial charge in [-0.2, -0.15) is 0 Å². The van der Waals surface area contributed by atoms with E-state index < -0.39 is 0 Å². The predicted octanol–water partition coefficient (Wildman–Crippen LogP) is 2.43. The van der Waals surface area contributed by atoms with Gasteiger partial charge in [-0.3, -0.25) is 4.79 Å². The van der Waals surface area contributed by atoms with Crippen LogP contribution in [-0.2, 0) is 0 Å². The summed E-state index contributed by atoms with van der Waals surface area (Å²) >= 11 is 1.43. The highest BCUT2D eigenvalue weighted by Crippen LogP contribution is 2.25. The third kappa shape index (κ3) is 2.31. The number of carbonyl (C=O) groups excluding carboxylic acids is 1. The van der Waals surface area contributed by atoms with Gasteiger partial charge in [0, 0.05) is 6.04 Å². The molecule has 1 amide bonds. The second kappa shape index (κ2) is 4.66. The van der Waals surface area contributed by atoms with E-state index in [9.17, 15) is 4.79 Å². The van der Waals surface area contributed by atoms with Crippen molar-refractivity contribution in [2.24, 2.45) is 0 Å². The number of methoxy groups -OCH3 is 1. The van der Waals surface area contributed by atoms with Crippen molar-refractivity contribution in [1.29, 1.82) is 0 Å². The molecule has 1 aromatic rings. The molecule has 1 aromatic heterocycles. The molecule has 1 fully saturated rings. The molecule has 3 nitrogen and oxygen atoms in total. The molecule has 0 spiro atoms. The monoisotopic (exact) mass is 225 g/mol. The van der Waals surface area contributed by atoms with Crippen LogP contribution in [0.25, 0.3) is 0 Å². The Labute approximate surface area is 93.4 Å². The molecular formula is C11H15NO2S. The number of rotatable bonds is 3. The van der Waals surface area contributed by atoms with Crippen molar-refractivity contribution in [3.05, 3.63) is 16.3 Å². The van der Waals surface area contributed by atoms with Crippen LogP contribution < -0.4 is 10.1 Å². The number of ether oxygens (including phenoxy) is 1. The molecule has 0 aliphatic heterocycles. The lowest BCUT2D eigenvalue weighted by Crippen LogP contribution is -2.32. The highest BCUT2D eigenvalue weighted by Gasteiger charge is 2.20. The number of hydrogen-bond donors (Lipinski definition) is 1. The van der Waals surface area contributed by atoms with E-state index in [0.29, 0.717) is 16.7 Å². The Morgan fingerprint density at radius 3 is 2.93 bits per heavy atom. The fourth-order valence-corrected chi connectivity index (χ4v) is 2.71. The molecule has 0 saturated heterocycles. The topological polar surface area (TPSA) is 38.3 Å². The van der Waals surface area contributed by atoms with Crippen LogP contribution in [0.2, 0.25) is 0 Å². The largest absolute Gasteiger partial charge is 0.495 e. The minimum absolute atomic E-state index is 0.00810. The Hall–Kier alpha value is -1.03. The maximum Gasteiger partial charge on any atom is 0.265 e. The first-order valence-corrected chi connectivity index (χ1v) is 6.11. The number of amides is 1. The predicted molar refractivity (Wildman–Crippen MR) is 60.6 cm³/mol. The molecule has 1 saturated carbocycles. The molecule has 0 unspecified atom stereocenters. The Bertz CT molecular complexity index is 342. The smallest absolute Gasteiger partial charge is 0.265 e. The van der Waals surface area contributed by atoms with Crippen LogP contribution in [0.5, 0.6) is 5.75 Å². The first-order valence-electron chi connectivity index (χ1n) is 5.23. The average Bonchev–Trinajstić information content (AvgIpc) is 2.86. The first-order chi connectivity index (χ1) is 7.31. The van der Waals surface area contributed by atoms with Gasteiger partial charge in [-0.25, -0.2) is 0 Å². The van der Waals surface area contributed by atoms with Crippen LogP contribution in [0.4, 0.5) is 0 Å². The number of nitrogens with one attached hydrogen (secondary N) is 1. The lowest BCUT2D eigenvalue weighted by molar-refractivity contribution is 0.0939. The number of hydrogen-bond acceptors (Lipinski definition) is 3. The SMILES string of the molecule is COc1ccsc1C(=O)NC1CCCC1. The van der Waals surface area contributed by atoms with Crippen molar-refractivity contribution in [3.63, 3.8) is 0 Å². The minimum atomic E-state index is 0.00810. The number of carbonyl (C=O) groups is 1. The van der Waals surface area contributed by atoms with Crippen LogP contribution in [0.15, 0.2) is 11.4 Å². The summed E-state index contributed by atoms with van der Waals surface area (Å²) in [5, 5.41) is 4.92. The molecule has 1 N–H and O–H groups in total. The fraction of sp³-hybridized carbons (Fsp3) is 0.545. The maximum absolute atomic E-state index is 11.9. The third-order valence-corrected chi connectivity index (χ3v) is 3.64. The van der Waals surface area contributed by atoms with Gasteiger partial charge in [-0.15, -0.1) is 11.3 Å². The fourth-order valence-electron chi connectivity index (χ4n) is 1.94. The Balaban J connectivity index is 2.00. The van der Waals surface area contributed by atoms with Gasteiger partial charge < -0.3 is 10.1 Å². The summed E-state index contributed by atoms with van der Waals surface area (Å²) in [7, 11) is 1.59. The Morgan fingerprint density at radius 1 is 1.53 bits per heavy atom. The third-order valence-electron chi connectivity index (χ3n) is 2.75. The highest BCUT2D eigenvalue weighted by molar-refractivity contribution is 7.12.